The van der Waals surface area contributed by atoms with Crippen LogP contribution in [0.5, 0.6) is 0 Å². The Morgan fingerprint density at radius 3 is 2.65 bits per heavy atom. The fraction of sp³-hybridized carbons (Fsp3) is 0.217. The second-order valence-corrected chi connectivity index (χ2v) is 9.62. The molecule has 1 fully saturated rings. The van der Waals surface area contributed by atoms with E-state index in [-0.39, 0.29) is 17.2 Å². The Morgan fingerprint density at radius 2 is 1.94 bits per heavy atom. The number of hydrogen-bond donors (Lipinski definition) is 1. The summed E-state index contributed by atoms with van der Waals surface area (Å²) in [5, 5.41) is 3.58. The van der Waals surface area contributed by atoms with Gasteiger partial charge in [-0.3, -0.25) is 9.59 Å². The molecule has 0 aliphatic carbocycles. The van der Waals surface area contributed by atoms with Gasteiger partial charge < -0.3 is 14.6 Å². The standard InChI is InChI=1S/C23H21ClN2O3S2/c24-18-7-9-20(10-8-18)30-13-11-25-22(28)16-3-5-17(6-4-16)23-26(21(27)15-31-23)14-19-2-1-12-29-19/h1-10,12,23H,11,13-15H2,(H,25,28)/t23-/m0/s1. The van der Waals surface area contributed by atoms with Gasteiger partial charge in [0.1, 0.15) is 11.1 Å². The highest BCUT2D eigenvalue weighted by Gasteiger charge is 2.33. The number of furan rings is 1. The maximum atomic E-state index is 12.4. The Labute approximate surface area is 194 Å². The molecule has 1 aliphatic heterocycles. The first-order valence-electron chi connectivity index (χ1n) is 9.80. The van der Waals surface area contributed by atoms with Gasteiger partial charge in [0.25, 0.3) is 5.91 Å². The number of carbonyl (C=O) groups is 2. The van der Waals surface area contributed by atoms with Crippen LogP contribution >= 0.6 is 35.1 Å². The van der Waals surface area contributed by atoms with Gasteiger partial charge in [0.2, 0.25) is 5.91 Å². The predicted octanol–water partition coefficient (Wildman–Crippen LogP) is 5.23. The van der Waals surface area contributed by atoms with Gasteiger partial charge in [-0.05, 0) is 54.1 Å². The molecule has 1 N–H and O–H groups in total. The van der Waals surface area contributed by atoms with Crippen LogP contribution < -0.4 is 5.32 Å². The van der Waals surface area contributed by atoms with E-state index in [2.05, 4.69) is 5.32 Å². The van der Waals surface area contributed by atoms with Crippen molar-refractivity contribution < 1.29 is 14.0 Å². The first-order valence-corrected chi connectivity index (χ1v) is 12.2. The van der Waals surface area contributed by atoms with Crippen LogP contribution in [0.2, 0.25) is 5.02 Å². The molecule has 0 unspecified atom stereocenters. The molecule has 31 heavy (non-hydrogen) atoms. The van der Waals surface area contributed by atoms with Crippen molar-refractivity contribution in [1.82, 2.24) is 10.2 Å². The molecule has 5 nitrogen and oxygen atoms in total. The Hall–Kier alpha value is -2.35. The molecule has 2 heterocycles. The fourth-order valence-electron chi connectivity index (χ4n) is 3.24. The van der Waals surface area contributed by atoms with Gasteiger partial charge in [0.15, 0.2) is 0 Å². The lowest BCUT2D eigenvalue weighted by molar-refractivity contribution is -0.128. The Bertz CT molecular complexity index is 1020. The minimum absolute atomic E-state index is 0.0783. The molecule has 0 spiro atoms. The summed E-state index contributed by atoms with van der Waals surface area (Å²) in [6, 6.07) is 18.8. The Morgan fingerprint density at radius 1 is 1.16 bits per heavy atom. The van der Waals surface area contributed by atoms with Crippen molar-refractivity contribution in [2.75, 3.05) is 18.1 Å². The first kappa shape index (κ1) is 21.9. The number of amides is 2. The molecule has 2 amide bonds. The van der Waals surface area contributed by atoms with Crippen LogP contribution in [-0.4, -0.2) is 34.8 Å². The van der Waals surface area contributed by atoms with Crippen molar-refractivity contribution in [2.45, 2.75) is 16.8 Å². The van der Waals surface area contributed by atoms with Crippen molar-refractivity contribution >= 4 is 46.9 Å². The average molecular weight is 473 g/mol. The SMILES string of the molecule is O=C(NCCSc1ccc(Cl)cc1)c1ccc([C@@H]2SCC(=O)N2Cc2ccco2)cc1. The highest BCUT2D eigenvalue weighted by Crippen LogP contribution is 2.39. The zero-order chi connectivity index (χ0) is 21.6. The zero-order valence-corrected chi connectivity index (χ0v) is 19.0. The summed E-state index contributed by atoms with van der Waals surface area (Å²) in [7, 11) is 0. The molecule has 1 atom stereocenters. The summed E-state index contributed by atoms with van der Waals surface area (Å²) in [5.41, 5.74) is 1.60. The lowest BCUT2D eigenvalue weighted by Crippen LogP contribution is -2.28. The molecule has 0 bridgehead atoms. The molecule has 2 aromatic carbocycles. The normalized spacial score (nSPS) is 16.0. The van der Waals surface area contributed by atoms with Gasteiger partial charge in [-0.1, -0.05) is 23.7 Å². The summed E-state index contributed by atoms with van der Waals surface area (Å²) >= 11 is 9.14. The molecule has 8 heteroatoms. The number of benzene rings is 2. The zero-order valence-electron chi connectivity index (χ0n) is 16.6. The number of halogens is 1. The van der Waals surface area contributed by atoms with Crippen LogP contribution in [0, 0.1) is 0 Å². The van der Waals surface area contributed by atoms with E-state index in [9.17, 15) is 9.59 Å². The van der Waals surface area contributed by atoms with E-state index in [1.807, 2.05) is 65.6 Å². The maximum absolute atomic E-state index is 12.4. The number of hydrogen-bond acceptors (Lipinski definition) is 5. The highest BCUT2D eigenvalue weighted by atomic mass is 35.5. The Kier molecular flexibility index (Phi) is 7.27. The monoisotopic (exact) mass is 472 g/mol. The number of thioether (sulfide) groups is 2. The van der Waals surface area contributed by atoms with E-state index in [0.29, 0.717) is 29.4 Å². The second kappa shape index (κ2) is 10.3. The molecule has 1 aromatic heterocycles. The largest absolute Gasteiger partial charge is 0.467 e. The summed E-state index contributed by atoms with van der Waals surface area (Å²) in [6.07, 6.45) is 1.61. The van der Waals surface area contributed by atoms with E-state index in [4.69, 9.17) is 16.0 Å². The Balaban J connectivity index is 1.30. The van der Waals surface area contributed by atoms with Crippen LogP contribution in [0.4, 0.5) is 0 Å². The van der Waals surface area contributed by atoms with Crippen molar-refractivity contribution in [3.05, 3.63) is 88.8 Å². The lowest BCUT2D eigenvalue weighted by Gasteiger charge is -2.23. The number of nitrogens with one attached hydrogen (secondary N) is 1. The van der Waals surface area contributed by atoms with Gasteiger partial charge in [0, 0.05) is 27.8 Å². The molecule has 0 radical (unpaired) electrons. The van der Waals surface area contributed by atoms with E-state index in [1.54, 1.807) is 29.8 Å². The minimum atomic E-state index is -0.106. The van der Waals surface area contributed by atoms with Crippen LogP contribution in [0.25, 0.3) is 0 Å². The molecular weight excluding hydrogens is 452 g/mol. The quantitative estimate of drug-likeness (QED) is 0.359. The molecule has 0 saturated carbocycles. The molecule has 1 aliphatic rings. The molecular formula is C23H21ClN2O3S2. The van der Waals surface area contributed by atoms with Gasteiger partial charge in [-0.2, -0.15) is 0 Å². The van der Waals surface area contributed by atoms with Crippen LogP contribution in [0.1, 0.15) is 27.1 Å². The van der Waals surface area contributed by atoms with Crippen molar-refractivity contribution in [3.8, 4) is 0 Å². The summed E-state index contributed by atoms with van der Waals surface area (Å²) in [5.74, 6) is 1.96. The van der Waals surface area contributed by atoms with Crippen molar-refractivity contribution in [1.29, 1.82) is 0 Å². The fourth-order valence-corrected chi connectivity index (χ4v) is 5.32. The van der Waals surface area contributed by atoms with Crippen molar-refractivity contribution in [2.24, 2.45) is 0 Å². The first-order chi connectivity index (χ1) is 15.1. The summed E-state index contributed by atoms with van der Waals surface area (Å²) in [6.45, 7) is 1.01. The highest BCUT2D eigenvalue weighted by molar-refractivity contribution is 8.00. The number of carbonyl (C=O) groups excluding carboxylic acids is 2. The smallest absolute Gasteiger partial charge is 0.251 e. The van der Waals surface area contributed by atoms with Gasteiger partial charge in [-0.25, -0.2) is 0 Å². The van der Waals surface area contributed by atoms with E-state index in [1.165, 1.54) is 0 Å². The van der Waals surface area contributed by atoms with Gasteiger partial charge >= 0.3 is 0 Å². The number of nitrogens with zero attached hydrogens (tertiary/aromatic N) is 1. The molecule has 1 saturated heterocycles. The third-order valence-corrected chi connectivity index (χ3v) is 7.32. The summed E-state index contributed by atoms with van der Waals surface area (Å²) in [4.78, 5) is 27.7. The predicted molar refractivity (Wildman–Crippen MR) is 125 cm³/mol. The van der Waals surface area contributed by atoms with Gasteiger partial charge in [0.05, 0.1) is 18.6 Å². The number of rotatable bonds is 8. The van der Waals surface area contributed by atoms with Crippen LogP contribution in [-0.2, 0) is 11.3 Å². The van der Waals surface area contributed by atoms with E-state index < -0.39 is 0 Å². The van der Waals surface area contributed by atoms with Crippen LogP contribution in [0.3, 0.4) is 0 Å². The lowest BCUT2D eigenvalue weighted by atomic mass is 10.1. The maximum Gasteiger partial charge on any atom is 0.251 e. The summed E-state index contributed by atoms with van der Waals surface area (Å²) < 4.78 is 5.40. The third kappa shape index (κ3) is 5.67. The molecule has 160 valence electrons. The molecule has 3 aromatic rings. The average Bonchev–Trinajstić information content (AvgIpc) is 3.43. The molecule has 4 rings (SSSR count). The van der Waals surface area contributed by atoms with E-state index in [0.717, 1.165) is 22.0 Å². The van der Waals surface area contributed by atoms with Crippen LogP contribution in [0.15, 0.2) is 76.2 Å². The van der Waals surface area contributed by atoms with E-state index >= 15 is 0 Å². The third-order valence-electron chi connectivity index (χ3n) is 4.80. The minimum Gasteiger partial charge on any atom is -0.467 e. The second-order valence-electron chi connectivity index (χ2n) is 6.94. The van der Waals surface area contributed by atoms with Gasteiger partial charge in [-0.15, -0.1) is 23.5 Å². The van der Waals surface area contributed by atoms with Crippen molar-refractivity contribution in [3.63, 3.8) is 0 Å². The topological polar surface area (TPSA) is 62.6 Å².